The van der Waals surface area contributed by atoms with E-state index in [1.807, 2.05) is 0 Å². The number of rotatable bonds is 1. The molecule has 0 saturated heterocycles. The van der Waals surface area contributed by atoms with Crippen molar-refractivity contribution in [1.29, 1.82) is 0 Å². The Morgan fingerprint density at radius 3 is 1.36 bits per heavy atom. The summed E-state index contributed by atoms with van der Waals surface area (Å²) in [6.45, 7) is 0. The molecule has 1 aliphatic heterocycles. The molecule has 4 aliphatic rings. The van der Waals surface area contributed by atoms with Crippen LogP contribution in [0, 0.1) is 0 Å². The second kappa shape index (κ2) is 11.1. The van der Waals surface area contributed by atoms with E-state index in [2.05, 4.69) is 206 Å². The van der Waals surface area contributed by atoms with E-state index in [1.165, 1.54) is 105 Å². The molecule has 272 valence electrons. The molecule has 0 fully saturated rings. The van der Waals surface area contributed by atoms with Crippen molar-refractivity contribution in [3.8, 4) is 56.0 Å². The molecule has 14 rings (SSSR count). The average Bonchev–Trinajstić information content (AvgIpc) is 3.88. The van der Waals surface area contributed by atoms with Crippen LogP contribution in [0.1, 0.15) is 44.5 Å². The lowest BCUT2D eigenvalue weighted by Crippen LogP contribution is -2.32. The summed E-state index contributed by atoms with van der Waals surface area (Å²) in [5.41, 5.74) is 19.6. The van der Waals surface area contributed by atoms with E-state index in [1.54, 1.807) is 0 Å². The minimum Gasteiger partial charge on any atom is -0.456 e. The first-order valence-electron chi connectivity index (χ1n) is 20.7. The van der Waals surface area contributed by atoms with Gasteiger partial charge in [-0.3, -0.25) is 0 Å². The van der Waals surface area contributed by atoms with Gasteiger partial charge in [0, 0.05) is 16.5 Å². The number of fused-ring (bicyclic) bond motifs is 22. The normalized spacial score (nSPS) is 14.8. The molecule has 2 spiro atoms. The topological polar surface area (TPSA) is 9.23 Å². The van der Waals surface area contributed by atoms with Gasteiger partial charge < -0.3 is 4.74 Å². The summed E-state index contributed by atoms with van der Waals surface area (Å²) in [5.74, 6) is 1.84. The van der Waals surface area contributed by atoms with Crippen molar-refractivity contribution in [2.75, 3.05) is 0 Å². The van der Waals surface area contributed by atoms with Crippen LogP contribution in [-0.2, 0) is 10.8 Å². The molecule has 0 N–H and O–H groups in total. The lowest BCUT2D eigenvalue weighted by molar-refractivity contribution is 0.442. The SMILES string of the molecule is c1ccc2c(c1)-c1ccccc1C21c2cc(-c3ccc4c(c3)C3(c5ccccc5-c5ccccc53)c3ccc5ccccc5c3O4)ccc2-c2cc3ccccc3cc21. The molecule has 59 heavy (non-hydrogen) atoms. The fourth-order valence-corrected chi connectivity index (χ4v) is 11.8. The van der Waals surface area contributed by atoms with Crippen LogP contribution in [0.25, 0.3) is 66.1 Å². The van der Waals surface area contributed by atoms with Gasteiger partial charge in [0.2, 0.25) is 0 Å². The van der Waals surface area contributed by atoms with E-state index in [0.717, 1.165) is 16.9 Å². The van der Waals surface area contributed by atoms with Gasteiger partial charge >= 0.3 is 0 Å². The molecule has 1 heteroatoms. The van der Waals surface area contributed by atoms with Crippen molar-refractivity contribution < 1.29 is 4.74 Å². The molecule has 10 aromatic carbocycles. The van der Waals surface area contributed by atoms with E-state index < -0.39 is 10.8 Å². The van der Waals surface area contributed by atoms with Crippen LogP contribution >= 0.6 is 0 Å². The van der Waals surface area contributed by atoms with Crippen LogP contribution < -0.4 is 4.74 Å². The zero-order valence-corrected chi connectivity index (χ0v) is 32.0. The maximum absolute atomic E-state index is 7.11. The van der Waals surface area contributed by atoms with Crippen molar-refractivity contribution in [3.05, 3.63) is 251 Å². The van der Waals surface area contributed by atoms with Crippen LogP contribution in [-0.4, -0.2) is 0 Å². The minimum atomic E-state index is -0.562. The van der Waals surface area contributed by atoms with Crippen molar-refractivity contribution in [3.63, 3.8) is 0 Å². The standard InChI is InChI=1S/C58H34O/c1-2-15-37-32-53-46(31-36(37)14-1)45-28-25-38(33-52(45)58(53)49-23-11-7-19-43(49)44-20-8-12-24-50(44)58)39-27-30-55-54(34-39)57(51-29-26-35-13-3-4-16-40(35)56(51)59-55)47-21-9-5-17-41(47)42-18-6-10-22-48(42)57/h1-34H. The Labute approximate surface area is 342 Å². The largest absolute Gasteiger partial charge is 0.456 e. The maximum Gasteiger partial charge on any atom is 0.140 e. The van der Waals surface area contributed by atoms with Crippen LogP contribution in [0.4, 0.5) is 0 Å². The van der Waals surface area contributed by atoms with Crippen LogP contribution in [0.15, 0.2) is 206 Å². The van der Waals surface area contributed by atoms with Crippen LogP contribution in [0.5, 0.6) is 11.5 Å². The van der Waals surface area contributed by atoms with Gasteiger partial charge in [0.25, 0.3) is 0 Å². The Morgan fingerprint density at radius 1 is 0.271 bits per heavy atom. The second-order valence-electron chi connectivity index (χ2n) is 16.7. The van der Waals surface area contributed by atoms with E-state index in [-0.39, 0.29) is 0 Å². The number of hydrogen-bond acceptors (Lipinski definition) is 1. The summed E-state index contributed by atoms with van der Waals surface area (Å²) in [6.07, 6.45) is 0. The van der Waals surface area contributed by atoms with Crippen LogP contribution in [0.3, 0.4) is 0 Å². The van der Waals surface area contributed by atoms with Gasteiger partial charge in [0.1, 0.15) is 11.5 Å². The molecule has 3 aliphatic carbocycles. The van der Waals surface area contributed by atoms with Crippen molar-refractivity contribution in [2.45, 2.75) is 10.8 Å². The second-order valence-corrected chi connectivity index (χ2v) is 16.7. The highest BCUT2D eigenvalue weighted by molar-refractivity contribution is 6.01. The van der Waals surface area contributed by atoms with E-state index >= 15 is 0 Å². The molecule has 0 unspecified atom stereocenters. The Balaban J connectivity index is 1.05. The van der Waals surface area contributed by atoms with Gasteiger partial charge in [0.05, 0.1) is 10.8 Å². The molecule has 0 radical (unpaired) electrons. The first-order chi connectivity index (χ1) is 29.2. The average molecular weight is 747 g/mol. The molecule has 1 nitrogen and oxygen atoms in total. The molecule has 0 aromatic heterocycles. The predicted molar refractivity (Wildman–Crippen MR) is 241 cm³/mol. The number of hydrogen-bond donors (Lipinski definition) is 0. The third-order valence-electron chi connectivity index (χ3n) is 14.1. The van der Waals surface area contributed by atoms with Gasteiger partial charge in [-0.2, -0.15) is 0 Å². The number of ether oxygens (including phenoxy) is 1. The Morgan fingerprint density at radius 2 is 0.729 bits per heavy atom. The fraction of sp³-hybridized carbons (Fsp3) is 0.0345. The van der Waals surface area contributed by atoms with Gasteiger partial charge in [-0.1, -0.05) is 176 Å². The summed E-state index contributed by atoms with van der Waals surface area (Å²) in [4.78, 5) is 0. The zero-order valence-electron chi connectivity index (χ0n) is 32.0. The third-order valence-corrected chi connectivity index (χ3v) is 14.1. The smallest absolute Gasteiger partial charge is 0.140 e. The summed E-state index contributed by atoms with van der Waals surface area (Å²) in [7, 11) is 0. The van der Waals surface area contributed by atoms with E-state index in [0.29, 0.717) is 0 Å². The zero-order chi connectivity index (χ0) is 38.5. The van der Waals surface area contributed by atoms with E-state index in [9.17, 15) is 0 Å². The van der Waals surface area contributed by atoms with Crippen molar-refractivity contribution in [2.24, 2.45) is 0 Å². The van der Waals surface area contributed by atoms with Crippen molar-refractivity contribution >= 4 is 21.5 Å². The fourth-order valence-electron chi connectivity index (χ4n) is 11.8. The maximum atomic E-state index is 7.11. The highest BCUT2D eigenvalue weighted by Gasteiger charge is 2.53. The summed E-state index contributed by atoms with van der Waals surface area (Å²) < 4.78 is 7.11. The minimum absolute atomic E-state index is 0.445. The molecular formula is C58H34O. The highest BCUT2D eigenvalue weighted by Crippen LogP contribution is 2.65. The summed E-state index contributed by atoms with van der Waals surface area (Å²) >= 11 is 0. The lowest BCUT2D eigenvalue weighted by atomic mass is 9.65. The van der Waals surface area contributed by atoms with Gasteiger partial charge in [-0.05, 0) is 124 Å². The summed E-state index contributed by atoms with van der Waals surface area (Å²) in [5, 5.41) is 4.85. The molecule has 0 atom stereocenters. The Kier molecular flexibility index (Phi) is 5.96. The Bertz CT molecular complexity index is 3400. The molecular weight excluding hydrogens is 713 g/mol. The third kappa shape index (κ3) is 3.77. The van der Waals surface area contributed by atoms with Gasteiger partial charge in [0.15, 0.2) is 0 Å². The van der Waals surface area contributed by atoms with E-state index in [4.69, 9.17) is 4.74 Å². The first kappa shape index (κ1) is 31.6. The van der Waals surface area contributed by atoms with Gasteiger partial charge in [-0.25, -0.2) is 0 Å². The van der Waals surface area contributed by atoms with Crippen molar-refractivity contribution in [1.82, 2.24) is 0 Å². The first-order valence-corrected chi connectivity index (χ1v) is 20.7. The number of benzene rings is 10. The van der Waals surface area contributed by atoms with Crippen LogP contribution in [0.2, 0.25) is 0 Å². The molecule has 1 heterocycles. The highest BCUT2D eigenvalue weighted by atomic mass is 16.5. The molecule has 0 saturated carbocycles. The molecule has 0 amide bonds. The van der Waals surface area contributed by atoms with Gasteiger partial charge in [-0.15, -0.1) is 0 Å². The molecule has 10 aromatic rings. The monoisotopic (exact) mass is 746 g/mol. The lowest BCUT2D eigenvalue weighted by Gasteiger charge is -2.40. The quantitative estimate of drug-likeness (QED) is 0.163. The predicted octanol–water partition coefficient (Wildman–Crippen LogP) is 14.5. The summed E-state index contributed by atoms with van der Waals surface area (Å²) in [6, 6.07) is 77.3. The molecule has 0 bridgehead atoms. The Hall–Kier alpha value is -7.48.